The van der Waals surface area contributed by atoms with E-state index < -0.39 is 0 Å². The van der Waals surface area contributed by atoms with Crippen LogP contribution in [0, 0.1) is 5.92 Å². The SMILES string of the molecule is COCCOCCN1CC[C@]23CCCC[C@H]2[C@H]1Cc1ccc(N)cc13. The van der Waals surface area contributed by atoms with Crippen LogP contribution in [0.15, 0.2) is 18.2 Å². The molecule has 2 bridgehead atoms. The molecule has 1 aliphatic heterocycles. The Morgan fingerprint density at radius 1 is 1.20 bits per heavy atom. The van der Waals surface area contributed by atoms with Crippen LogP contribution in [-0.2, 0) is 21.3 Å². The van der Waals surface area contributed by atoms with E-state index in [1.807, 2.05) is 0 Å². The van der Waals surface area contributed by atoms with E-state index in [0.717, 1.165) is 24.8 Å². The summed E-state index contributed by atoms with van der Waals surface area (Å²) in [5.41, 5.74) is 10.6. The van der Waals surface area contributed by atoms with Crippen LogP contribution in [0.25, 0.3) is 0 Å². The number of methoxy groups -OCH3 is 1. The van der Waals surface area contributed by atoms with E-state index in [4.69, 9.17) is 15.2 Å². The lowest BCUT2D eigenvalue weighted by Crippen LogP contribution is -2.61. The van der Waals surface area contributed by atoms with E-state index in [1.165, 1.54) is 45.1 Å². The van der Waals surface area contributed by atoms with Gasteiger partial charge in [0.25, 0.3) is 0 Å². The number of hydrogen-bond acceptors (Lipinski definition) is 4. The normalized spacial score (nSPS) is 31.4. The zero-order valence-electron chi connectivity index (χ0n) is 15.5. The second-order valence-electron chi connectivity index (χ2n) is 8.09. The van der Waals surface area contributed by atoms with Gasteiger partial charge in [-0.1, -0.05) is 18.9 Å². The Balaban J connectivity index is 1.54. The van der Waals surface area contributed by atoms with E-state index in [-0.39, 0.29) is 0 Å². The third-order valence-corrected chi connectivity index (χ3v) is 6.93. The zero-order chi connectivity index (χ0) is 17.3. The van der Waals surface area contributed by atoms with Crippen molar-refractivity contribution in [1.82, 2.24) is 4.90 Å². The Labute approximate surface area is 151 Å². The summed E-state index contributed by atoms with van der Waals surface area (Å²) in [6.07, 6.45) is 7.95. The smallest absolute Gasteiger partial charge is 0.0700 e. The fourth-order valence-electron chi connectivity index (χ4n) is 5.81. The predicted octanol–water partition coefficient (Wildman–Crippen LogP) is 2.99. The monoisotopic (exact) mass is 344 g/mol. The topological polar surface area (TPSA) is 47.7 Å². The number of ether oxygens (including phenoxy) is 2. The van der Waals surface area contributed by atoms with E-state index in [2.05, 4.69) is 23.1 Å². The van der Waals surface area contributed by atoms with Gasteiger partial charge in [-0.3, -0.25) is 4.90 Å². The molecule has 25 heavy (non-hydrogen) atoms. The lowest BCUT2D eigenvalue weighted by Gasteiger charge is -2.59. The minimum atomic E-state index is 0.388. The molecule has 0 aromatic heterocycles. The summed E-state index contributed by atoms with van der Waals surface area (Å²) in [5.74, 6) is 0.795. The van der Waals surface area contributed by atoms with E-state index >= 15 is 0 Å². The lowest BCUT2D eigenvalue weighted by atomic mass is 9.52. The highest BCUT2D eigenvalue weighted by Crippen LogP contribution is 2.55. The quantitative estimate of drug-likeness (QED) is 0.637. The van der Waals surface area contributed by atoms with Crippen LogP contribution in [-0.4, -0.2) is 51.0 Å². The minimum Gasteiger partial charge on any atom is -0.399 e. The van der Waals surface area contributed by atoms with Crippen molar-refractivity contribution in [2.45, 2.75) is 50.0 Å². The van der Waals surface area contributed by atoms with Crippen LogP contribution in [0.5, 0.6) is 0 Å². The number of anilines is 1. The standard InChI is InChI=1S/C21H32N2O2/c1-24-12-13-25-11-10-23-9-8-21-7-3-2-4-18(21)20(23)14-16-5-6-17(22)15-19(16)21/h5-6,15,18,20H,2-4,7-14,22H2,1H3/t18-,20+,21+/m0/s1. The molecule has 1 aromatic rings. The Morgan fingerprint density at radius 2 is 2.12 bits per heavy atom. The number of fused-ring (bicyclic) bond motifs is 1. The van der Waals surface area contributed by atoms with E-state index in [9.17, 15) is 0 Å². The van der Waals surface area contributed by atoms with Gasteiger partial charge in [0.1, 0.15) is 0 Å². The second-order valence-corrected chi connectivity index (χ2v) is 8.09. The predicted molar refractivity (Wildman–Crippen MR) is 101 cm³/mol. The van der Waals surface area contributed by atoms with Crippen molar-refractivity contribution in [3.8, 4) is 0 Å². The first-order valence-corrected chi connectivity index (χ1v) is 9.94. The highest BCUT2D eigenvalue weighted by molar-refractivity contribution is 5.51. The Hall–Kier alpha value is -1.10. The fraction of sp³-hybridized carbons (Fsp3) is 0.714. The number of piperidine rings is 1. The molecule has 4 nitrogen and oxygen atoms in total. The maximum atomic E-state index is 6.17. The number of rotatable bonds is 6. The first-order valence-electron chi connectivity index (χ1n) is 9.94. The molecule has 0 radical (unpaired) electrons. The number of nitrogens with zero attached hydrogens (tertiary/aromatic N) is 1. The molecule has 138 valence electrons. The van der Waals surface area contributed by atoms with Crippen molar-refractivity contribution in [2.24, 2.45) is 5.92 Å². The number of nitrogens with two attached hydrogens (primary N) is 1. The molecule has 3 aliphatic rings. The van der Waals surface area contributed by atoms with Crippen LogP contribution >= 0.6 is 0 Å². The van der Waals surface area contributed by atoms with Crippen LogP contribution in [0.4, 0.5) is 5.69 Å². The molecule has 2 N–H and O–H groups in total. The molecule has 0 amide bonds. The van der Waals surface area contributed by atoms with Gasteiger partial charge in [-0.25, -0.2) is 0 Å². The van der Waals surface area contributed by atoms with Gasteiger partial charge in [0.05, 0.1) is 19.8 Å². The molecule has 3 atom stereocenters. The Bertz CT molecular complexity index is 606. The molecule has 1 saturated heterocycles. The minimum absolute atomic E-state index is 0.388. The first-order chi connectivity index (χ1) is 12.2. The van der Waals surface area contributed by atoms with Gasteiger partial charge >= 0.3 is 0 Å². The first kappa shape index (κ1) is 17.3. The lowest BCUT2D eigenvalue weighted by molar-refractivity contribution is -0.0273. The average molecular weight is 344 g/mol. The van der Waals surface area contributed by atoms with Gasteiger partial charge in [0.15, 0.2) is 0 Å². The summed E-state index contributed by atoms with van der Waals surface area (Å²) in [6.45, 7) is 4.44. The summed E-state index contributed by atoms with van der Waals surface area (Å²) in [4.78, 5) is 2.71. The largest absolute Gasteiger partial charge is 0.399 e. The van der Waals surface area contributed by atoms with Crippen LogP contribution in [0.2, 0.25) is 0 Å². The summed E-state index contributed by atoms with van der Waals surface area (Å²) < 4.78 is 10.8. The highest BCUT2D eigenvalue weighted by atomic mass is 16.5. The number of hydrogen-bond donors (Lipinski definition) is 1. The molecular formula is C21H32N2O2. The maximum absolute atomic E-state index is 6.17. The van der Waals surface area contributed by atoms with Crippen molar-refractivity contribution >= 4 is 5.69 Å². The molecule has 1 aromatic carbocycles. The molecule has 2 aliphatic carbocycles. The number of nitrogen functional groups attached to an aromatic ring is 1. The van der Waals surface area contributed by atoms with Crippen molar-refractivity contribution in [2.75, 3.05) is 45.8 Å². The molecule has 4 rings (SSSR count). The molecular weight excluding hydrogens is 312 g/mol. The van der Waals surface area contributed by atoms with Gasteiger partial charge in [0.2, 0.25) is 0 Å². The van der Waals surface area contributed by atoms with Gasteiger partial charge in [-0.15, -0.1) is 0 Å². The van der Waals surface area contributed by atoms with E-state index in [0.29, 0.717) is 24.7 Å². The summed E-state index contributed by atoms with van der Waals surface area (Å²) in [6, 6.07) is 7.36. The van der Waals surface area contributed by atoms with Crippen molar-refractivity contribution < 1.29 is 9.47 Å². The molecule has 1 heterocycles. The van der Waals surface area contributed by atoms with Gasteiger partial charge in [-0.2, -0.15) is 0 Å². The van der Waals surface area contributed by atoms with Crippen LogP contribution in [0.1, 0.15) is 43.2 Å². The maximum Gasteiger partial charge on any atom is 0.0700 e. The molecule has 2 fully saturated rings. The van der Waals surface area contributed by atoms with Crippen molar-refractivity contribution in [3.63, 3.8) is 0 Å². The van der Waals surface area contributed by atoms with Gasteiger partial charge in [0, 0.05) is 30.8 Å². The summed E-state index contributed by atoms with van der Waals surface area (Å²) in [7, 11) is 1.73. The van der Waals surface area contributed by atoms with Gasteiger partial charge < -0.3 is 15.2 Å². The Morgan fingerprint density at radius 3 is 3.00 bits per heavy atom. The number of benzene rings is 1. The Kier molecular flexibility index (Phi) is 5.03. The summed E-state index contributed by atoms with van der Waals surface area (Å²) in [5, 5.41) is 0. The van der Waals surface area contributed by atoms with Gasteiger partial charge in [-0.05, 0) is 61.4 Å². The molecule has 1 saturated carbocycles. The van der Waals surface area contributed by atoms with Crippen molar-refractivity contribution in [1.29, 1.82) is 0 Å². The fourth-order valence-corrected chi connectivity index (χ4v) is 5.81. The zero-order valence-corrected chi connectivity index (χ0v) is 15.5. The molecule has 4 heteroatoms. The van der Waals surface area contributed by atoms with Crippen LogP contribution in [0.3, 0.4) is 0 Å². The third-order valence-electron chi connectivity index (χ3n) is 6.93. The highest BCUT2D eigenvalue weighted by Gasteiger charge is 2.53. The summed E-state index contributed by atoms with van der Waals surface area (Å²) >= 11 is 0. The average Bonchev–Trinajstić information content (AvgIpc) is 2.63. The number of likely N-dealkylation sites (tertiary alicyclic amines) is 1. The van der Waals surface area contributed by atoms with Crippen molar-refractivity contribution in [3.05, 3.63) is 29.3 Å². The van der Waals surface area contributed by atoms with E-state index in [1.54, 1.807) is 18.2 Å². The third kappa shape index (κ3) is 3.09. The van der Waals surface area contributed by atoms with Crippen LogP contribution < -0.4 is 5.73 Å². The molecule has 0 spiro atoms. The second kappa shape index (κ2) is 7.26. The molecule has 0 unspecified atom stereocenters.